The van der Waals surface area contributed by atoms with E-state index < -0.39 is 0 Å². The van der Waals surface area contributed by atoms with Crippen molar-refractivity contribution < 1.29 is 4.74 Å². The first-order chi connectivity index (χ1) is 9.02. The molecule has 0 aliphatic carbocycles. The van der Waals surface area contributed by atoms with Gasteiger partial charge in [0.15, 0.2) is 0 Å². The average molecular weight is 263 g/mol. The van der Waals surface area contributed by atoms with Crippen LogP contribution in [0.2, 0.25) is 0 Å². The van der Waals surface area contributed by atoms with Crippen molar-refractivity contribution in [2.75, 3.05) is 14.2 Å². The quantitative estimate of drug-likeness (QED) is 0.811. The Morgan fingerprint density at radius 3 is 2.21 bits per heavy atom. The van der Waals surface area contributed by atoms with Crippen molar-refractivity contribution in [3.63, 3.8) is 0 Å². The summed E-state index contributed by atoms with van der Waals surface area (Å²) in [6.07, 6.45) is 3.06. The molecule has 0 amide bonds. The molecule has 1 aromatic rings. The average Bonchev–Trinajstić information content (AvgIpc) is 2.43. The van der Waals surface area contributed by atoms with Gasteiger partial charge in [0.25, 0.3) is 0 Å². The van der Waals surface area contributed by atoms with Crippen LogP contribution in [0.3, 0.4) is 0 Å². The Morgan fingerprint density at radius 2 is 1.79 bits per heavy atom. The predicted octanol–water partition coefficient (Wildman–Crippen LogP) is 3.64. The number of benzene rings is 1. The van der Waals surface area contributed by atoms with E-state index in [0.717, 1.165) is 19.3 Å². The Labute approximate surface area is 118 Å². The molecule has 2 heteroatoms. The van der Waals surface area contributed by atoms with E-state index in [4.69, 9.17) is 4.74 Å². The number of aryl methyl sites for hydroxylation is 2. The molecule has 19 heavy (non-hydrogen) atoms. The van der Waals surface area contributed by atoms with Crippen LogP contribution in [-0.2, 0) is 11.2 Å². The molecule has 0 spiro atoms. The highest BCUT2D eigenvalue weighted by molar-refractivity contribution is 5.30. The fourth-order valence-corrected chi connectivity index (χ4v) is 2.89. The van der Waals surface area contributed by atoms with E-state index in [0.29, 0.717) is 6.04 Å². The third-order valence-corrected chi connectivity index (χ3v) is 4.60. The summed E-state index contributed by atoms with van der Waals surface area (Å²) in [7, 11) is 3.86. The van der Waals surface area contributed by atoms with Gasteiger partial charge in [-0.25, -0.2) is 0 Å². The maximum atomic E-state index is 5.85. The van der Waals surface area contributed by atoms with E-state index in [-0.39, 0.29) is 5.60 Å². The monoisotopic (exact) mass is 263 g/mol. The van der Waals surface area contributed by atoms with Gasteiger partial charge in [-0.3, -0.25) is 0 Å². The molecular weight excluding hydrogens is 234 g/mol. The van der Waals surface area contributed by atoms with Crippen LogP contribution in [0, 0.1) is 13.8 Å². The fourth-order valence-electron chi connectivity index (χ4n) is 2.89. The normalized spacial score (nSPS) is 13.6. The van der Waals surface area contributed by atoms with Crippen molar-refractivity contribution in [2.45, 2.75) is 58.6 Å². The zero-order chi connectivity index (χ0) is 14.5. The number of nitrogens with one attached hydrogen (secondary N) is 1. The van der Waals surface area contributed by atoms with Gasteiger partial charge < -0.3 is 10.1 Å². The van der Waals surface area contributed by atoms with Crippen LogP contribution in [0.1, 0.15) is 43.4 Å². The zero-order valence-electron chi connectivity index (χ0n) is 13.3. The molecule has 1 N–H and O–H groups in total. The molecule has 1 aromatic carbocycles. The molecule has 0 saturated carbocycles. The van der Waals surface area contributed by atoms with Gasteiger partial charge >= 0.3 is 0 Å². The molecule has 108 valence electrons. The van der Waals surface area contributed by atoms with Crippen molar-refractivity contribution in [1.29, 1.82) is 0 Å². The number of ether oxygens (including phenoxy) is 1. The molecule has 0 aliphatic heterocycles. The van der Waals surface area contributed by atoms with Gasteiger partial charge in [0.2, 0.25) is 0 Å². The summed E-state index contributed by atoms with van der Waals surface area (Å²) in [6, 6.07) is 7.09. The van der Waals surface area contributed by atoms with Crippen LogP contribution >= 0.6 is 0 Å². The topological polar surface area (TPSA) is 21.3 Å². The molecule has 1 unspecified atom stereocenters. The second kappa shape index (κ2) is 7.06. The molecule has 0 heterocycles. The summed E-state index contributed by atoms with van der Waals surface area (Å²) in [4.78, 5) is 0. The maximum Gasteiger partial charge on any atom is 0.0828 e. The van der Waals surface area contributed by atoms with E-state index in [1.165, 1.54) is 16.7 Å². The van der Waals surface area contributed by atoms with Gasteiger partial charge in [-0.1, -0.05) is 32.0 Å². The van der Waals surface area contributed by atoms with E-state index >= 15 is 0 Å². The van der Waals surface area contributed by atoms with Crippen LogP contribution in [0.4, 0.5) is 0 Å². The van der Waals surface area contributed by atoms with Crippen LogP contribution in [-0.4, -0.2) is 25.8 Å². The van der Waals surface area contributed by atoms with Crippen LogP contribution in [0.5, 0.6) is 0 Å². The summed E-state index contributed by atoms with van der Waals surface area (Å²) in [6.45, 7) is 8.75. The second-order valence-electron chi connectivity index (χ2n) is 5.44. The molecule has 0 saturated heterocycles. The molecule has 2 nitrogen and oxygen atoms in total. The molecular formula is C17H29NO. The number of methoxy groups -OCH3 is 1. The minimum Gasteiger partial charge on any atom is -0.377 e. The number of hydrogen-bond acceptors (Lipinski definition) is 2. The Hall–Kier alpha value is -0.860. The molecule has 1 rings (SSSR count). The Balaban J connectivity index is 2.95. The van der Waals surface area contributed by atoms with Gasteiger partial charge in [0.1, 0.15) is 0 Å². The Bertz CT molecular complexity index is 388. The Morgan fingerprint density at radius 1 is 1.16 bits per heavy atom. The van der Waals surface area contributed by atoms with Crippen molar-refractivity contribution >= 4 is 0 Å². The summed E-state index contributed by atoms with van der Waals surface area (Å²) in [5.41, 5.74) is 4.02. The van der Waals surface area contributed by atoms with Gasteiger partial charge in [0.05, 0.1) is 5.60 Å². The Kier molecular flexibility index (Phi) is 6.02. The first kappa shape index (κ1) is 16.2. The molecule has 1 atom stereocenters. The highest BCUT2D eigenvalue weighted by atomic mass is 16.5. The van der Waals surface area contributed by atoms with Gasteiger partial charge in [-0.05, 0) is 56.8 Å². The lowest BCUT2D eigenvalue weighted by Crippen LogP contribution is -2.51. The lowest BCUT2D eigenvalue weighted by Gasteiger charge is -2.38. The van der Waals surface area contributed by atoms with Crippen LogP contribution in [0.25, 0.3) is 0 Å². The molecule has 0 fully saturated rings. The zero-order valence-corrected chi connectivity index (χ0v) is 13.3. The highest BCUT2D eigenvalue weighted by Crippen LogP contribution is 2.27. The lowest BCUT2D eigenvalue weighted by atomic mass is 9.84. The minimum atomic E-state index is -0.0759. The van der Waals surface area contributed by atoms with E-state index in [1.54, 1.807) is 0 Å². The molecule has 0 aromatic heterocycles. The van der Waals surface area contributed by atoms with Crippen molar-refractivity contribution in [2.24, 2.45) is 0 Å². The van der Waals surface area contributed by atoms with Gasteiger partial charge in [-0.2, -0.15) is 0 Å². The number of rotatable bonds is 7. The SMILES string of the molecule is CCC(CC)(OC)C(Cc1ccc(C)c(C)c1)NC. The highest BCUT2D eigenvalue weighted by Gasteiger charge is 2.34. The van der Waals surface area contributed by atoms with Crippen molar-refractivity contribution in [3.8, 4) is 0 Å². The molecule has 0 bridgehead atoms. The van der Waals surface area contributed by atoms with E-state index in [1.807, 2.05) is 14.2 Å². The fraction of sp³-hybridized carbons (Fsp3) is 0.647. The first-order valence-corrected chi connectivity index (χ1v) is 7.31. The maximum absolute atomic E-state index is 5.85. The molecule has 0 radical (unpaired) electrons. The van der Waals surface area contributed by atoms with E-state index in [9.17, 15) is 0 Å². The van der Waals surface area contributed by atoms with Crippen LogP contribution in [0.15, 0.2) is 18.2 Å². The smallest absolute Gasteiger partial charge is 0.0828 e. The standard InChI is InChI=1S/C17H29NO/c1-7-17(8-2,19-6)16(18-5)12-15-10-9-13(3)14(4)11-15/h9-11,16,18H,7-8,12H2,1-6H3. The predicted molar refractivity (Wildman–Crippen MR) is 82.8 cm³/mol. The van der Waals surface area contributed by atoms with Crippen molar-refractivity contribution in [1.82, 2.24) is 5.32 Å². The van der Waals surface area contributed by atoms with Gasteiger partial charge in [-0.15, -0.1) is 0 Å². The molecule has 0 aliphatic rings. The summed E-state index contributed by atoms with van der Waals surface area (Å²) >= 11 is 0. The lowest BCUT2D eigenvalue weighted by molar-refractivity contribution is -0.0454. The van der Waals surface area contributed by atoms with E-state index in [2.05, 4.69) is 51.2 Å². The largest absolute Gasteiger partial charge is 0.377 e. The third kappa shape index (κ3) is 3.58. The van der Waals surface area contributed by atoms with Gasteiger partial charge in [0, 0.05) is 13.2 Å². The minimum absolute atomic E-state index is 0.0759. The van der Waals surface area contributed by atoms with Crippen LogP contribution < -0.4 is 5.32 Å². The second-order valence-corrected chi connectivity index (χ2v) is 5.44. The number of likely N-dealkylation sites (N-methyl/N-ethyl adjacent to an activating group) is 1. The van der Waals surface area contributed by atoms with Crippen molar-refractivity contribution in [3.05, 3.63) is 34.9 Å². The summed E-state index contributed by atoms with van der Waals surface area (Å²) < 4.78 is 5.85. The first-order valence-electron chi connectivity index (χ1n) is 7.31. The number of hydrogen-bond donors (Lipinski definition) is 1. The third-order valence-electron chi connectivity index (χ3n) is 4.60. The summed E-state index contributed by atoms with van der Waals surface area (Å²) in [5, 5.41) is 3.45. The summed E-state index contributed by atoms with van der Waals surface area (Å²) in [5.74, 6) is 0.